The van der Waals surface area contributed by atoms with E-state index in [1.165, 1.54) is 19.3 Å². The van der Waals surface area contributed by atoms with Crippen molar-refractivity contribution in [2.45, 2.75) is 77.6 Å². The zero-order valence-corrected chi connectivity index (χ0v) is 15.5. The van der Waals surface area contributed by atoms with Crippen LogP contribution in [0.1, 0.15) is 77.6 Å². The van der Waals surface area contributed by atoms with Gasteiger partial charge in [0, 0.05) is 6.42 Å². The smallest absolute Gasteiger partial charge is 0.119 e. The molecule has 0 aromatic heterocycles. The lowest BCUT2D eigenvalue weighted by Gasteiger charge is -1.95. The lowest BCUT2D eigenvalue weighted by Crippen LogP contribution is -1.79. The minimum Gasteiger partial charge on any atom is -0.303 e. The van der Waals surface area contributed by atoms with Gasteiger partial charge >= 0.3 is 0 Å². The lowest BCUT2D eigenvalue weighted by atomic mass is 10.1. The molecule has 0 spiro atoms. The van der Waals surface area contributed by atoms with E-state index in [4.69, 9.17) is 0 Å². The van der Waals surface area contributed by atoms with Gasteiger partial charge in [-0.25, -0.2) is 0 Å². The van der Waals surface area contributed by atoms with Crippen molar-refractivity contribution in [1.29, 1.82) is 0 Å². The van der Waals surface area contributed by atoms with Crippen LogP contribution in [0.4, 0.5) is 0 Å². The molecule has 0 unspecified atom stereocenters. The third kappa shape index (κ3) is 20.4. The van der Waals surface area contributed by atoms with Crippen LogP contribution < -0.4 is 0 Å². The molecule has 0 amide bonds. The fourth-order valence-electron chi connectivity index (χ4n) is 2.21. The van der Waals surface area contributed by atoms with E-state index < -0.39 is 0 Å². The summed E-state index contributed by atoms with van der Waals surface area (Å²) in [4.78, 5) is 10.2. The molecule has 0 heterocycles. The van der Waals surface area contributed by atoms with E-state index in [9.17, 15) is 4.79 Å². The molecule has 0 atom stereocenters. The van der Waals surface area contributed by atoms with Crippen molar-refractivity contribution in [1.82, 2.24) is 0 Å². The largest absolute Gasteiger partial charge is 0.303 e. The Morgan fingerprint density at radius 3 is 1.38 bits per heavy atom. The monoisotopic (exact) mass is 328 g/mol. The molecular weight excluding hydrogens is 292 g/mol. The molecular formula is C23H36O. The van der Waals surface area contributed by atoms with Gasteiger partial charge in [0.15, 0.2) is 0 Å². The summed E-state index contributed by atoms with van der Waals surface area (Å²) in [6.45, 7) is 2.16. The van der Waals surface area contributed by atoms with Crippen LogP contribution in [-0.4, -0.2) is 6.29 Å². The predicted molar refractivity (Wildman–Crippen MR) is 108 cm³/mol. The first-order valence-electron chi connectivity index (χ1n) is 9.60. The van der Waals surface area contributed by atoms with E-state index in [1.54, 1.807) is 0 Å². The molecule has 134 valence electrons. The standard InChI is InChI=1S/C23H36O/c1-2-3-4-5-6-7-8-9-10-11-12-13-14-15-16-17-18-19-20-21-22-23-24/h3-4,6-7,9-10,12-13,15-16,23H,2,5,8,11,14,17-22H2,1H3/b4-3-,7-6-,10-9-,13-12-,16-15-. The van der Waals surface area contributed by atoms with Crippen LogP contribution >= 0.6 is 0 Å². The fourth-order valence-corrected chi connectivity index (χ4v) is 2.21. The van der Waals surface area contributed by atoms with Gasteiger partial charge in [0.05, 0.1) is 0 Å². The number of rotatable bonds is 16. The predicted octanol–water partition coefficient (Wildman–Crippen LogP) is 7.28. The topological polar surface area (TPSA) is 17.1 Å². The molecule has 0 saturated carbocycles. The Morgan fingerprint density at radius 1 is 0.500 bits per heavy atom. The molecule has 0 aliphatic rings. The molecule has 0 fully saturated rings. The number of unbranched alkanes of at least 4 members (excludes halogenated alkanes) is 5. The Kier molecular flexibility index (Phi) is 19.9. The van der Waals surface area contributed by atoms with Crippen molar-refractivity contribution in [3.63, 3.8) is 0 Å². The highest BCUT2D eigenvalue weighted by Gasteiger charge is 1.87. The highest BCUT2D eigenvalue weighted by Crippen LogP contribution is 2.05. The Labute approximate surface area is 149 Å². The second-order valence-electron chi connectivity index (χ2n) is 5.87. The normalized spacial score (nSPS) is 12.7. The molecule has 0 aromatic rings. The minimum absolute atomic E-state index is 0.724. The lowest BCUT2D eigenvalue weighted by molar-refractivity contribution is -0.107. The van der Waals surface area contributed by atoms with E-state index in [2.05, 4.69) is 67.7 Å². The Hall–Kier alpha value is -1.63. The van der Waals surface area contributed by atoms with E-state index in [0.29, 0.717) is 0 Å². The SMILES string of the molecule is CC/C=C\C/C=C\C/C=C\C/C=C\C/C=C\CCCCCCC=O. The quantitative estimate of drug-likeness (QED) is 0.165. The highest BCUT2D eigenvalue weighted by molar-refractivity contribution is 5.48. The maximum absolute atomic E-state index is 10.2. The number of carbonyl (C=O) groups is 1. The summed E-state index contributed by atoms with van der Waals surface area (Å²) >= 11 is 0. The van der Waals surface area contributed by atoms with Crippen LogP contribution in [0.5, 0.6) is 0 Å². The van der Waals surface area contributed by atoms with Gasteiger partial charge in [0.1, 0.15) is 6.29 Å². The third-order valence-corrected chi connectivity index (χ3v) is 3.60. The molecule has 1 heteroatoms. The molecule has 0 aliphatic carbocycles. The highest BCUT2D eigenvalue weighted by atomic mass is 16.1. The number of aldehydes is 1. The zero-order valence-electron chi connectivity index (χ0n) is 15.5. The molecule has 0 bridgehead atoms. The first-order valence-corrected chi connectivity index (χ1v) is 9.60. The molecule has 0 N–H and O–H groups in total. The Balaban J connectivity index is 3.39. The van der Waals surface area contributed by atoms with Crippen LogP contribution in [0.3, 0.4) is 0 Å². The van der Waals surface area contributed by atoms with Crippen LogP contribution in [0.25, 0.3) is 0 Å². The fraction of sp³-hybridized carbons (Fsp3) is 0.522. The average Bonchev–Trinajstić information content (AvgIpc) is 2.60. The number of hydrogen-bond donors (Lipinski definition) is 0. The number of allylic oxidation sites excluding steroid dienone is 10. The average molecular weight is 329 g/mol. The molecule has 0 radical (unpaired) electrons. The van der Waals surface area contributed by atoms with Gasteiger partial charge in [-0.1, -0.05) is 80.5 Å². The summed E-state index contributed by atoms with van der Waals surface area (Å²) in [6, 6.07) is 0. The van der Waals surface area contributed by atoms with Crippen molar-refractivity contribution in [2.75, 3.05) is 0 Å². The summed E-state index contributed by atoms with van der Waals surface area (Å²) in [5.41, 5.74) is 0. The molecule has 1 nitrogen and oxygen atoms in total. The molecule has 24 heavy (non-hydrogen) atoms. The molecule has 0 saturated heterocycles. The van der Waals surface area contributed by atoms with Gasteiger partial charge in [-0.2, -0.15) is 0 Å². The maximum Gasteiger partial charge on any atom is 0.119 e. The first kappa shape index (κ1) is 22.4. The van der Waals surface area contributed by atoms with Crippen LogP contribution in [0.15, 0.2) is 60.8 Å². The van der Waals surface area contributed by atoms with Crippen LogP contribution in [0.2, 0.25) is 0 Å². The van der Waals surface area contributed by atoms with Gasteiger partial charge in [0.2, 0.25) is 0 Å². The molecule has 0 aliphatic heterocycles. The van der Waals surface area contributed by atoms with Gasteiger partial charge in [-0.3, -0.25) is 0 Å². The van der Waals surface area contributed by atoms with Crippen molar-refractivity contribution >= 4 is 6.29 Å². The van der Waals surface area contributed by atoms with Crippen molar-refractivity contribution in [2.24, 2.45) is 0 Å². The molecule has 0 aromatic carbocycles. The van der Waals surface area contributed by atoms with Gasteiger partial charge in [-0.15, -0.1) is 0 Å². The Bertz CT molecular complexity index is 396. The van der Waals surface area contributed by atoms with E-state index in [0.717, 1.165) is 57.7 Å². The minimum atomic E-state index is 0.724. The second kappa shape index (κ2) is 21.4. The van der Waals surface area contributed by atoms with Crippen molar-refractivity contribution < 1.29 is 4.79 Å². The van der Waals surface area contributed by atoms with E-state index in [1.807, 2.05) is 0 Å². The summed E-state index contributed by atoms with van der Waals surface area (Å²) in [6.07, 6.45) is 35.2. The van der Waals surface area contributed by atoms with Gasteiger partial charge < -0.3 is 4.79 Å². The summed E-state index contributed by atoms with van der Waals surface area (Å²) in [7, 11) is 0. The van der Waals surface area contributed by atoms with E-state index >= 15 is 0 Å². The van der Waals surface area contributed by atoms with Crippen LogP contribution in [-0.2, 0) is 4.79 Å². The Morgan fingerprint density at radius 2 is 0.917 bits per heavy atom. The van der Waals surface area contributed by atoms with Crippen molar-refractivity contribution in [3.8, 4) is 0 Å². The van der Waals surface area contributed by atoms with Crippen molar-refractivity contribution in [3.05, 3.63) is 60.8 Å². The maximum atomic E-state index is 10.2. The van der Waals surface area contributed by atoms with Crippen LogP contribution in [0, 0.1) is 0 Å². The number of hydrogen-bond acceptors (Lipinski definition) is 1. The zero-order chi connectivity index (χ0) is 17.6. The first-order chi connectivity index (χ1) is 11.9. The molecule has 0 rings (SSSR count). The summed E-state index contributed by atoms with van der Waals surface area (Å²) in [5.74, 6) is 0. The van der Waals surface area contributed by atoms with Gasteiger partial charge in [-0.05, 0) is 51.4 Å². The second-order valence-corrected chi connectivity index (χ2v) is 5.87. The summed E-state index contributed by atoms with van der Waals surface area (Å²) < 4.78 is 0. The third-order valence-electron chi connectivity index (χ3n) is 3.60. The van der Waals surface area contributed by atoms with E-state index in [-0.39, 0.29) is 0 Å². The summed E-state index contributed by atoms with van der Waals surface area (Å²) in [5, 5.41) is 0. The van der Waals surface area contributed by atoms with Gasteiger partial charge in [0.25, 0.3) is 0 Å². The number of carbonyl (C=O) groups excluding carboxylic acids is 1.